The number of pyridine rings is 1. The summed E-state index contributed by atoms with van der Waals surface area (Å²) in [5.41, 5.74) is 0.468. The van der Waals surface area contributed by atoms with Crippen LogP contribution in [0.5, 0.6) is 5.75 Å². The van der Waals surface area contributed by atoms with E-state index in [4.69, 9.17) is 15.2 Å². The lowest BCUT2D eigenvalue weighted by molar-refractivity contribution is -0.272. The predicted octanol–water partition coefficient (Wildman–Crippen LogP) is 3.68. The average molecular weight is 491 g/mol. The molecule has 2 aromatic rings. The van der Waals surface area contributed by atoms with E-state index >= 15 is 0 Å². The molecule has 1 aliphatic heterocycles. The molecule has 7 nitrogen and oxygen atoms in total. The van der Waals surface area contributed by atoms with Crippen molar-refractivity contribution in [1.82, 2.24) is 4.98 Å². The van der Waals surface area contributed by atoms with Gasteiger partial charge in [-0.1, -0.05) is 13.0 Å². The van der Waals surface area contributed by atoms with Crippen molar-refractivity contribution in [2.45, 2.75) is 37.6 Å². The summed E-state index contributed by atoms with van der Waals surface area (Å²) in [7, 11) is 0.984. The molecule has 0 radical (unpaired) electrons. The Morgan fingerprint density at radius 1 is 1.18 bits per heavy atom. The van der Waals surface area contributed by atoms with Crippen molar-refractivity contribution in [2.75, 3.05) is 12.4 Å². The number of carbonyl (C=O) groups excluding carboxylic acids is 2. The van der Waals surface area contributed by atoms with Crippen LogP contribution in [0.2, 0.25) is 0 Å². The van der Waals surface area contributed by atoms with Crippen molar-refractivity contribution in [2.24, 2.45) is 11.7 Å². The van der Waals surface area contributed by atoms with Crippen LogP contribution in [-0.2, 0) is 9.53 Å². The second kappa shape index (κ2) is 8.78. The minimum absolute atomic E-state index is 0.255. The molecule has 1 saturated heterocycles. The summed E-state index contributed by atoms with van der Waals surface area (Å²) in [5, 5.41) is 2.06. The number of nitrogens with one attached hydrogen (secondary N) is 1. The average Bonchev–Trinajstić information content (AvgIpc) is 3.03. The molecular weight excluding hydrogens is 472 g/mol. The van der Waals surface area contributed by atoms with Gasteiger partial charge in [0.1, 0.15) is 6.10 Å². The molecule has 0 spiro atoms. The third kappa shape index (κ3) is 4.04. The molecule has 0 saturated carbocycles. The van der Waals surface area contributed by atoms with Gasteiger partial charge in [0.2, 0.25) is 5.82 Å². The van der Waals surface area contributed by atoms with Crippen LogP contribution in [0.1, 0.15) is 35.8 Å². The largest absolute Gasteiger partial charge is 0.493 e. The molecular formula is C21H19F6N3O4. The van der Waals surface area contributed by atoms with Gasteiger partial charge < -0.3 is 20.5 Å². The first-order valence-electron chi connectivity index (χ1n) is 9.76. The van der Waals surface area contributed by atoms with Crippen molar-refractivity contribution in [3.63, 3.8) is 0 Å². The zero-order valence-corrected chi connectivity index (χ0v) is 18.0. The van der Waals surface area contributed by atoms with Crippen LogP contribution >= 0.6 is 0 Å². The predicted molar refractivity (Wildman–Crippen MR) is 105 cm³/mol. The highest BCUT2D eigenvalue weighted by molar-refractivity contribution is 5.97. The van der Waals surface area contributed by atoms with Gasteiger partial charge >= 0.3 is 6.18 Å². The minimum Gasteiger partial charge on any atom is -0.493 e. The number of aromatic nitrogens is 1. The van der Waals surface area contributed by atoms with E-state index < -0.39 is 76.1 Å². The highest BCUT2D eigenvalue weighted by atomic mass is 19.4. The monoisotopic (exact) mass is 491 g/mol. The van der Waals surface area contributed by atoms with Crippen LogP contribution in [0.25, 0.3) is 0 Å². The Balaban J connectivity index is 2.11. The molecule has 1 aromatic carbocycles. The Labute approximate surface area is 189 Å². The molecule has 4 atom stereocenters. The Morgan fingerprint density at radius 2 is 1.82 bits per heavy atom. The smallest absolute Gasteiger partial charge is 0.417 e. The van der Waals surface area contributed by atoms with E-state index in [9.17, 15) is 35.9 Å². The third-order valence-electron chi connectivity index (χ3n) is 5.95. The lowest BCUT2D eigenvalue weighted by Gasteiger charge is -2.32. The van der Waals surface area contributed by atoms with Crippen molar-refractivity contribution in [1.29, 1.82) is 0 Å². The molecule has 1 aromatic heterocycles. The van der Waals surface area contributed by atoms with E-state index in [0.717, 1.165) is 32.4 Å². The van der Waals surface area contributed by atoms with E-state index in [1.807, 2.05) is 0 Å². The number of rotatable bonds is 5. The number of ether oxygens (including phenoxy) is 2. The Morgan fingerprint density at radius 3 is 2.38 bits per heavy atom. The number of alkyl halides is 3. The van der Waals surface area contributed by atoms with E-state index in [-0.39, 0.29) is 5.56 Å². The van der Waals surface area contributed by atoms with Crippen molar-refractivity contribution < 1.29 is 45.4 Å². The maximum absolute atomic E-state index is 14.5. The topological polar surface area (TPSA) is 104 Å². The van der Waals surface area contributed by atoms with Crippen LogP contribution < -0.4 is 15.8 Å². The minimum atomic E-state index is -4.97. The fourth-order valence-electron chi connectivity index (χ4n) is 3.96. The number of benzene rings is 1. The molecule has 184 valence electrons. The molecule has 2 amide bonds. The van der Waals surface area contributed by atoms with Crippen LogP contribution in [0.3, 0.4) is 0 Å². The van der Waals surface area contributed by atoms with Gasteiger partial charge in [0.15, 0.2) is 28.7 Å². The highest BCUT2D eigenvalue weighted by Gasteiger charge is 2.66. The summed E-state index contributed by atoms with van der Waals surface area (Å²) < 4.78 is 94.5. The molecule has 0 unspecified atom stereocenters. The first kappa shape index (κ1) is 25.3. The fourth-order valence-corrected chi connectivity index (χ4v) is 3.96. The number of hydrogen-bond acceptors (Lipinski definition) is 5. The first-order chi connectivity index (χ1) is 15.7. The van der Waals surface area contributed by atoms with E-state index in [2.05, 4.69) is 10.3 Å². The van der Waals surface area contributed by atoms with Crippen LogP contribution in [0.4, 0.5) is 32.0 Å². The van der Waals surface area contributed by atoms with Crippen LogP contribution in [0, 0.1) is 23.4 Å². The van der Waals surface area contributed by atoms with Crippen molar-refractivity contribution in [3.8, 4) is 5.75 Å². The molecule has 13 heteroatoms. The maximum Gasteiger partial charge on any atom is 0.417 e. The first-order valence-corrected chi connectivity index (χ1v) is 9.76. The number of methoxy groups -OCH3 is 1. The zero-order valence-electron chi connectivity index (χ0n) is 18.0. The quantitative estimate of drug-likeness (QED) is 0.622. The molecule has 0 bridgehead atoms. The van der Waals surface area contributed by atoms with E-state index in [1.165, 1.54) is 0 Å². The molecule has 3 N–H and O–H groups in total. The summed E-state index contributed by atoms with van der Waals surface area (Å²) in [5.74, 6) is -10.2. The van der Waals surface area contributed by atoms with Crippen LogP contribution in [-0.4, -0.2) is 41.8 Å². The second-order valence-corrected chi connectivity index (χ2v) is 7.82. The number of nitrogens with two attached hydrogens (primary N) is 1. The Kier molecular flexibility index (Phi) is 6.53. The number of anilines is 1. The number of carbonyl (C=O) groups is 2. The van der Waals surface area contributed by atoms with E-state index in [0.29, 0.717) is 13.0 Å². The lowest BCUT2D eigenvalue weighted by Crippen LogP contribution is -2.47. The normalized spacial score (nSPS) is 24.7. The number of nitrogens with zero attached hydrogens (tertiary/aromatic N) is 1. The number of hydrogen-bond donors (Lipinski definition) is 2. The summed E-state index contributed by atoms with van der Waals surface area (Å²) in [6.07, 6.45) is -5.95. The molecule has 0 aliphatic carbocycles. The number of primary amides is 1. The van der Waals surface area contributed by atoms with Gasteiger partial charge in [-0.2, -0.15) is 17.6 Å². The standard InChI is InChI=1S/C21H19F6N3O4/c1-8-12(9-4-5-10(22)13(23)16(9)33-3)17(34-20(8,2)21(25,26)27)19(32)30-11-6-7-29-15(14(11)24)18(28)31/h4-8,12,17H,1-3H3,(H2,28,31)(H,29,30,32)/t8-,12-,17+,20+/m0/s1. The van der Waals surface area contributed by atoms with Crippen LogP contribution in [0.15, 0.2) is 24.4 Å². The second-order valence-electron chi connectivity index (χ2n) is 7.82. The van der Waals surface area contributed by atoms with Gasteiger partial charge in [-0.3, -0.25) is 9.59 Å². The van der Waals surface area contributed by atoms with Crippen molar-refractivity contribution in [3.05, 3.63) is 53.1 Å². The van der Waals surface area contributed by atoms with Crippen molar-refractivity contribution >= 4 is 17.5 Å². The van der Waals surface area contributed by atoms with Gasteiger partial charge in [-0.15, -0.1) is 0 Å². The third-order valence-corrected chi connectivity index (χ3v) is 5.95. The van der Waals surface area contributed by atoms with E-state index in [1.54, 1.807) is 0 Å². The number of halogens is 6. The molecule has 3 rings (SSSR count). The molecule has 1 fully saturated rings. The van der Waals surface area contributed by atoms with Gasteiger partial charge in [0.25, 0.3) is 11.8 Å². The summed E-state index contributed by atoms with van der Waals surface area (Å²) in [6.45, 7) is 1.84. The SMILES string of the molecule is COc1c([C@H]2[C@H](C(=O)Nc3ccnc(C(N)=O)c3F)O[C@@](C)(C(F)(F)F)[C@H]2C)ccc(F)c1F. The number of amides is 2. The zero-order chi connectivity index (χ0) is 25.6. The highest BCUT2D eigenvalue weighted by Crippen LogP contribution is 2.55. The summed E-state index contributed by atoms with van der Waals surface area (Å²) in [6, 6.07) is 2.62. The van der Waals surface area contributed by atoms with Gasteiger partial charge in [-0.25, -0.2) is 13.8 Å². The Bertz CT molecular complexity index is 1140. The fraction of sp³-hybridized carbons (Fsp3) is 0.381. The lowest BCUT2D eigenvalue weighted by atomic mass is 9.77. The molecule has 2 heterocycles. The summed E-state index contributed by atoms with van der Waals surface area (Å²) in [4.78, 5) is 27.8. The Hall–Kier alpha value is -3.35. The van der Waals surface area contributed by atoms with Gasteiger partial charge in [-0.05, 0) is 19.1 Å². The molecule has 1 aliphatic rings. The maximum atomic E-state index is 14.5. The summed E-state index contributed by atoms with van der Waals surface area (Å²) >= 11 is 0. The molecule has 34 heavy (non-hydrogen) atoms. The van der Waals surface area contributed by atoms with Gasteiger partial charge in [0, 0.05) is 23.6 Å². The van der Waals surface area contributed by atoms with Gasteiger partial charge in [0.05, 0.1) is 12.8 Å².